The second kappa shape index (κ2) is 8.86. The van der Waals surface area contributed by atoms with E-state index in [-0.39, 0.29) is 16.8 Å². The lowest BCUT2D eigenvalue weighted by Crippen LogP contribution is -2.30. The molecule has 0 saturated heterocycles. The lowest BCUT2D eigenvalue weighted by molar-refractivity contribution is 0.102. The van der Waals surface area contributed by atoms with Gasteiger partial charge in [-0.3, -0.25) is 9.78 Å². The van der Waals surface area contributed by atoms with Gasteiger partial charge in [-0.15, -0.1) is 0 Å². The van der Waals surface area contributed by atoms with Gasteiger partial charge in [-0.2, -0.15) is 0 Å². The van der Waals surface area contributed by atoms with Crippen LogP contribution in [0.25, 0.3) is 22.2 Å². The summed E-state index contributed by atoms with van der Waals surface area (Å²) in [6, 6.07) is 18.7. The highest BCUT2D eigenvalue weighted by Gasteiger charge is 2.17. The first-order valence-electron chi connectivity index (χ1n) is 10.1. The van der Waals surface area contributed by atoms with Crippen LogP contribution in [0.4, 0.5) is 5.69 Å². The fraction of sp³-hybridized carbons (Fsp3) is 0.125. The summed E-state index contributed by atoms with van der Waals surface area (Å²) in [6.07, 6.45) is 3.38. The number of hydrogen-bond acceptors (Lipinski definition) is 5. The van der Waals surface area contributed by atoms with Crippen LogP contribution >= 0.6 is 0 Å². The average molecular weight is 447 g/mol. The largest absolute Gasteiger partial charge is 0.322 e. The van der Waals surface area contributed by atoms with E-state index < -0.39 is 10.0 Å². The van der Waals surface area contributed by atoms with Crippen LogP contribution in [0.1, 0.15) is 24.2 Å². The Kier molecular flexibility index (Phi) is 5.98. The molecule has 0 aliphatic heterocycles. The van der Waals surface area contributed by atoms with E-state index in [1.54, 1.807) is 44.4 Å². The van der Waals surface area contributed by atoms with Gasteiger partial charge in [0.25, 0.3) is 5.91 Å². The number of amides is 1. The Morgan fingerprint density at radius 1 is 0.969 bits per heavy atom. The molecule has 0 bridgehead atoms. The lowest BCUT2D eigenvalue weighted by atomic mass is 10.0. The highest BCUT2D eigenvalue weighted by atomic mass is 32.2. The number of anilines is 1. The van der Waals surface area contributed by atoms with Gasteiger partial charge < -0.3 is 5.32 Å². The standard InChI is InChI=1S/C24H22N4O3S/c1-16(2)28-32(30,31)19-11-9-18(10-12-19)26-24(29)21-14-23(17-6-5-13-25-15-17)27-22-8-4-3-7-20(21)22/h3-16,28H,1-2H3,(H,26,29). The number of sulfonamides is 1. The smallest absolute Gasteiger partial charge is 0.256 e. The number of nitrogens with zero attached hydrogens (tertiary/aromatic N) is 2. The molecule has 1 amide bonds. The Bertz CT molecular complexity index is 1370. The summed E-state index contributed by atoms with van der Waals surface area (Å²) in [6.45, 7) is 3.51. The molecule has 8 heteroatoms. The zero-order chi connectivity index (χ0) is 22.7. The molecule has 2 aromatic carbocycles. The maximum absolute atomic E-state index is 13.2. The van der Waals surface area contributed by atoms with Crippen molar-refractivity contribution in [2.45, 2.75) is 24.8 Å². The van der Waals surface area contributed by atoms with Crippen LogP contribution in [0.15, 0.2) is 84.0 Å². The number of carbonyl (C=O) groups is 1. The number of para-hydroxylation sites is 1. The van der Waals surface area contributed by atoms with E-state index >= 15 is 0 Å². The van der Waals surface area contributed by atoms with Crippen molar-refractivity contribution in [2.75, 3.05) is 5.32 Å². The molecule has 2 N–H and O–H groups in total. The van der Waals surface area contributed by atoms with E-state index in [1.165, 1.54) is 12.1 Å². The van der Waals surface area contributed by atoms with Gasteiger partial charge in [-0.05, 0) is 62.4 Å². The van der Waals surface area contributed by atoms with Crippen molar-refractivity contribution in [1.82, 2.24) is 14.7 Å². The molecule has 0 aliphatic carbocycles. The number of nitrogens with one attached hydrogen (secondary N) is 2. The first kappa shape index (κ1) is 21.6. The SMILES string of the molecule is CC(C)NS(=O)(=O)c1ccc(NC(=O)c2cc(-c3cccnc3)nc3ccccc23)cc1. The zero-order valence-corrected chi connectivity index (χ0v) is 18.4. The third-order valence-corrected chi connectivity index (χ3v) is 6.41. The maximum Gasteiger partial charge on any atom is 0.256 e. The summed E-state index contributed by atoms with van der Waals surface area (Å²) in [5.41, 5.74) is 3.10. The predicted octanol–water partition coefficient (Wildman–Crippen LogP) is 4.24. The van der Waals surface area contributed by atoms with Crippen molar-refractivity contribution in [3.63, 3.8) is 0 Å². The summed E-state index contributed by atoms with van der Waals surface area (Å²) in [4.78, 5) is 22.1. The van der Waals surface area contributed by atoms with Crippen molar-refractivity contribution >= 4 is 32.5 Å². The van der Waals surface area contributed by atoms with Gasteiger partial charge in [0.1, 0.15) is 0 Å². The van der Waals surface area contributed by atoms with Gasteiger partial charge >= 0.3 is 0 Å². The Balaban J connectivity index is 1.66. The van der Waals surface area contributed by atoms with Crippen LogP contribution in [-0.4, -0.2) is 30.3 Å². The molecule has 4 rings (SSSR count). The summed E-state index contributed by atoms with van der Waals surface area (Å²) < 4.78 is 27.1. The number of aromatic nitrogens is 2. The van der Waals surface area contributed by atoms with Gasteiger partial charge in [-0.1, -0.05) is 18.2 Å². The number of benzene rings is 2. The molecule has 4 aromatic rings. The van der Waals surface area contributed by atoms with Gasteiger partial charge in [0.15, 0.2) is 0 Å². The molecule has 0 spiro atoms. The highest BCUT2D eigenvalue weighted by Crippen LogP contribution is 2.25. The molecule has 0 aliphatic rings. The van der Waals surface area contributed by atoms with Crippen LogP contribution in [-0.2, 0) is 10.0 Å². The van der Waals surface area contributed by atoms with E-state index in [0.717, 1.165) is 10.9 Å². The van der Waals surface area contributed by atoms with E-state index in [4.69, 9.17) is 0 Å². The van der Waals surface area contributed by atoms with Gasteiger partial charge in [-0.25, -0.2) is 18.1 Å². The van der Waals surface area contributed by atoms with Crippen LogP contribution in [0.2, 0.25) is 0 Å². The predicted molar refractivity (Wildman–Crippen MR) is 125 cm³/mol. The van der Waals surface area contributed by atoms with Crippen molar-refractivity contribution in [3.05, 3.63) is 84.7 Å². The van der Waals surface area contributed by atoms with Crippen molar-refractivity contribution in [2.24, 2.45) is 0 Å². The Labute approximate surface area is 186 Å². The second-order valence-electron chi connectivity index (χ2n) is 7.57. The minimum atomic E-state index is -3.60. The molecule has 2 aromatic heterocycles. The molecular weight excluding hydrogens is 424 g/mol. The Hall–Kier alpha value is -3.62. The second-order valence-corrected chi connectivity index (χ2v) is 9.28. The molecule has 162 valence electrons. The number of carbonyl (C=O) groups excluding carboxylic acids is 1. The number of fused-ring (bicyclic) bond motifs is 1. The van der Waals surface area contributed by atoms with Crippen LogP contribution in [0, 0.1) is 0 Å². The quantitative estimate of drug-likeness (QED) is 0.461. The third kappa shape index (κ3) is 4.66. The summed E-state index contributed by atoms with van der Waals surface area (Å²) in [5.74, 6) is -0.315. The van der Waals surface area contributed by atoms with Crippen molar-refractivity contribution < 1.29 is 13.2 Å². The lowest BCUT2D eigenvalue weighted by Gasteiger charge is -2.12. The first-order valence-corrected chi connectivity index (χ1v) is 11.6. The molecule has 0 fully saturated rings. The van der Waals surface area contributed by atoms with Crippen molar-refractivity contribution in [3.8, 4) is 11.3 Å². The monoisotopic (exact) mass is 446 g/mol. The topological polar surface area (TPSA) is 101 Å². The highest BCUT2D eigenvalue weighted by molar-refractivity contribution is 7.89. The fourth-order valence-corrected chi connectivity index (χ4v) is 4.57. The maximum atomic E-state index is 13.2. The Morgan fingerprint density at radius 3 is 2.41 bits per heavy atom. The van der Waals surface area contributed by atoms with Crippen molar-refractivity contribution in [1.29, 1.82) is 0 Å². The number of hydrogen-bond donors (Lipinski definition) is 2. The average Bonchev–Trinajstić information content (AvgIpc) is 2.78. The zero-order valence-electron chi connectivity index (χ0n) is 17.6. The number of rotatable bonds is 6. The van der Waals surface area contributed by atoms with E-state index in [2.05, 4.69) is 20.0 Å². The van der Waals surface area contributed by atoms with E-state index in [0.29, 0.717) is 22.5 Å². The molecule has 0 radical (unpaired) electrons. The summed E-state index contributed by atoms with van der Waals surface area (Å²) in [7, 11) is -3.60. The van der Waals surface area contributed by atoms with Gasteiger partial charge in [0.05, 0.1) is 21.7 Å². The van der Waals surface area contributed by atoms with Gasteiger partial charge in [0, 0.05) is 35.1 Å². The number of pyridine rings is 2. The molecular formula is C24H22N4O3S. The van der Waals surface area contributed by atoms with Crippen LogP contribution in [0.3, 0.4) is 0 Å². The third-order valence-electron chi connectivity index (χ3n) is 4.73. The summed E-state index contributed by atoms with van der Waals surface area (Å²) in [5, 5.41) is 3.57. The Morgan fingerprint density at radius 2 is 1.72 bits per heavy atom. The first-order chi connectivity index (χ1) is 15.3. The molecule has 7 nitrogen and oxygen atoms in total. The molecule has 0 unspecified atom stereocenters. The fourth-order valence-electron chi connectivity index (χ4n) is 3.32. The minimum Gasteiger partial charge on any atom is -0.322 e. The molecule has 32 heavy (non-hydrogen) atoms. The van der Waals surface area contributed by atoms with E-state index in [9.17, 15) is 13.2 Å². The molecule has 0 atom stereocenters. The normalized spacial score (nSPS) is 11.6. The minimum absolute atomic E-state index is 0.137. The molecule has 0 saturated carbocycles. The van der Waals surface area contributed by atoms with Crippen LogP contribution in [0.5, 0.6) is 0 Å². The van der Waals surface area contributed by atoms with Crippen LogP contribution < -0.4 is 10.0 Å². The summed E-state index contributed by atoms with van der Waals surface area (Å²) >= 11 is 0. The molecule has 2 heterocycles. The van der Waals surface area contributed by atoms with E-state index in [1.807, 2.05) is 36.4 Å². The van der Waals surface area contributed by atoms with Gasteiger partial charge in [0.2, 0.25) is 10.0 Å².